The van der Waals surface area contributed by atoms with Crippen LogP contribution in [0.3, 0.4) is 0 Å². The van der Waals surface area contributed by atoms with Gasteiger partial charge in [0.15, 0.2) is 0 Å². The average Bonchev–Trinajstić information content (AvgIpc) is 2.46. The quantitative estimate of drug-likeness (QED) is 0.777. The van der Waals surface area contributed by atoms with E-state index in [1.807, 2.05) is 0 Å². The maximum atomic E-state index is 5.61. The van der Waals surface area contributed by atoms with Crippen molar-refractivity contribution in [2.75, 3.05) is 33.9 Å². The standard InChI is InChI=1S/C17H27NO2/c1-13-5-6-16(20-4)15(11-13)17(8-7-14(17)2)12-18-9-10-19-3/h5-6,11,14,18H,7-10,12H2,1-4H3. The molecule has 1 aromatic carbocycles. The van der Waals surface area contributed by atoms with Gasteiger partial charge in [0, 0.05) is 31.2 Å². The third-order valence-corrected chi connectivity index (χ3v) is 4.78. The number of ether oxygens (including phenoxy) is 2. The summed E-state index contributed by atoms with van der Waals surface area (Å²) in [5.41, 5.74) is 2.88. The van der Waals surface area contributed by atoms with E-state index in [2.05, 4.69) is 37.4 Å². The minimum atomic E-state index is 0.213. The Morgan fingerprint density at radius 2 is 2.15 bits per heavy atom. The molecule has 2 rings (SSSR count). The summed E-state index contributed by atoms with van der Waals surface area (Å²) in [6.07, 6.45) is 2.52. The number of methoxy groups -OCH3 is 2. The molecular formula is C17H27NO2. The van der Waals surface area contributed by atoms with E-state index in [1.165, 1.54) is 24.0 Å². The molecule has 20 heavy (non-hydrogen) atoms. The third-order valence-electron chi connectivity index (χ3n) is 4.78. The Morgan fingerprint density at radius 1 is 1.35 bits per heavy atom. The highest BCUT2D eigenvalue weighted by Gasteiger charge is 2.46. The number of hydrogen-bond donors (Lipinski definition) is 1. The molecule has 2 unspecified atom stereocenters. The molecule has 0 amide bonds. The van der Waals surface area contributed by atoms with Crippen LogP contribution in [0.15, 0.2) is 18.2 Å². The van der Waals surface area contributed by atoms with Gasteiger partial charge in [-0.3, -0.25) is 0 Å². The molecule has 0 aliphatic heterocycles. The van der Waals surface area contributed by atoms with Crippen molar-refractivity contribution in [3.05, 3.63) is 29.3 Å². The Morgan fingerprint density at radius 3 is 2.70 bits per heavy atom. The largest absolute Gasteiger partial charge is 0.496 e. The normalized spacial score (nSPS) is 25.3. The lowest BCUT2D eigenvalue weighted by Gasteiger charge is -2.49. The number of benzene rings is 1. The van der Waals surface area contributed by atoms with Gasteiger partial charge < -0.3 is 14.8 Å². The summed E-state index contributed by atoms with van der Waals surface area (Å²) >= 11 is 0. The molecule has 0 bridgehead atoms. The van der Waals surface area contributed by atoms with Gasteiger partial charge in [-0.05, 0) is 31.7 Å². The van der Waals surface area contributed by atoms with Gasteiger partial charge in [0.05, 0.1) is 13.7 Å². The zero-order chi connectivity index (χ0) is 14.6. The Hall–Kier alpha value is -1.06. The van der Waals surface area contributed by atoms with Crippen LogP contribution in [-0.4, -0.2) is 33.9 Å². The molecule has 1 aromatic rings. The average molecular weight is 277 g/mol. The Balaban J connectivity index is 2.22. The van der Waals surface area contributed by atoms with Crippen LogP contribution in [0.4, 0.5) is 0 Å². The van der Waals surface area contributed by atoms with Crippen LogP contribution in [0.5, 0.6) is 5.75 Å². The van der Waals surface area contributed by atoms with E-state index in [-0.39, 0.29) is 5.41 Å². The van der Waals surface area contributed by atoms with E-state index in [0.717, 1.165) is 25.4 Å². The molecule has 1 aliphatic rings. The summed E-state index contributed by atoms with van der Waals surface area (Å²) in [7, 11) is 3.51. The SMILES string of the molecule is COCCNCC1(c2cc(C)ccc2OC)CCC1C. The fourth-order valence-corrected chi connectivity index (χ4v) is 3.24. The summed E-state index contributed by atoms with van der Waals surface area (Å²) in [5.74, 6) is 1.71. The van der Waals surface area contributed by atoms with Gasteiger partial charge in [0.25, 0.3) is 0 Å². The van der Waals surface area contributed by atoms with Crippen molar-refractivity contribution in [3.8, 4) is 5.75 Å². The molecule has 3 heteroatoms. The molecule has 2 atom stereocenters. The second kappa shape index (κ2) is 6.59. The first-order chi connectivity index (χ1) is 9.64. The van der Waals surface area contributed by atoms with E-state index in [9.17, 15) is 0 Å². The van der Waals surface area contributed by atoms with E-state index in [0.29, 0.717) is 5.92 Å². The van der Waals surface area contributed by atoms with Crippen LogP contribution in [0.2, 0.25) is 0 Å². The molecule has 0 spiro atoms. The predicted octanol–water partition coefficient (Wildman–Crippen LogP) is 2.91. The van der Waals surface area contributed by atoms with Gasteiger partial charge in [-0.25, -0.2) is 0 Å². The molecule has 0 saturated heterocycles. The molecule has 1 saturated carbocycles. The molecule has 0 radical (unpaired) electrons. The third kappa shape index (κ3) is 2.84. The van der Waals surface area contributed by atoms with Crippen molar-refractivity contribution in [2.24, 2.45) is 5.92 Å². The number of nitrogens with one attached hydrogen (secondary N) is 1. The van der Waals surface area contributed by atoms with Crippen molar-refractivity contribution in [1.29, 1.82) is 0 Å². The van der Waals surface area contributed by atoms with Crippen LogP contribution in [0, 0.1) is 12.8 Å². The lowest BCUT2D eigenvalue weighted by atomic mass is 9.57. The highest BCUT2D eigenvalue weighted by atomic mass is 16.5. The molecule has 0 aromatic heterocycles. The van der Waals surface area contributed by atoms with Crippen LogP contribution in [0.25, 0.3) is 0 Å². The lowest BCUT2D eigenvalue weighted by molar-refractivity contribution is 0.124. The van der Waals surface area contributed by atoms with Gasteiger partial charge >= 0.3 is 0 Å². The van der Waals surface area contributed by atoms with Gasteiger partial charge in [-0.2, -0.15) is 0 Å². The van der Waals surface area contributed by atoms with Gasteiger partial charge in [-0.15, -0.1) is 0 Å². The molecular weight excluding hydrogens is 250 g/mol. The predicted molar refractivity (Wildman–Crippen MR) is 82.6 cm³/mol. The molecule has 1 aliphatic carbocycles. The maximum Gasteiger partial charge on any atom is 0.122 e. The van der Waals surface area contributed by atoms with Crippen LogP contribution in [-0.2, 0) is 10.2 Å². The van der Waals surface area contributed by atoms with Gasteiger partial charge in [-0.1, -0.05) is 24.6 Å². The minimum absolute atomic E-state index is 0.213. The summed E-state index contributed by atoms with van der Waals surface area (Å²) in [6, 6.07) is 6.52. The Labute approximate surface area is 122 Å². The fraction of sp³-hybridized carbons (Fsp3) is 0.647. The number of rotatable bonds is 7. The molecule has 112 valence electrons. The van der Waals surface area contributed by atoms with Crippen molar-refractivity contribution in [3.63, 3.8) is 0 Å². The molecule has 1 N–H and O–H groups in total. The monoisotopic (exact) mass is 277 g/mol. The molecule has 3 nitrogen and oxygen atoms in total. The summed E-state index contributed by atoms with van der Waals surface area (Å²) in [4.78, 5) is 0. The van der Waals surface area contributed by atoms with Crippen molar-refractivity contribution in [1.82, 2.24) is 5.32 Å². The first-order valence-corrected chi connectivity index (χ1v) is 7.49. The zero-order valence-corrected chi connectivity index (χ0v) is 13.2. The first-order valence-electron chi connectivity index (χ1n) is 7.49. The maximum absolute atomic E-state index is 5.61. The van der Waals surface area contributed by atoms with Crippen LogP contribution in [0.1, 0.15) is 30.9 Å². The minimum Gasteiger partial charge on any atom is -0.496 e. The fourth-order valence-electron chi connectivity index (χ4n) is 3.24. The highest BCUT2D eigenvalue weighted by molar-refractivity contribution is 5.44. The topological polar surface area (TPSA) is 30.5 Å². The van der Waals surface area contributed by atoms with E-state index in [4.69, 9.17) is 9.47 Å². The second-order valence-electron chi connectivity index (χ2n) is 5.97. The van der Waals surface area contributed by atoms with Crippen molar-refractivity contribution in [2.45, 2.75) is 32.1 Å². The zero-order valence-electron chi connectivity index (χ0n) is 13.2. The van der Waals surface area contributed by atoms with E-state index < -0.39 is 0 Å². The second-order valence-corrected chi connectivity index (χ2v) is 5.97. The van der Waals surface area contributed by atoms with Gasteiger partial charge in [0.1, 0.15) is 5.75 Å². The summed E-state index contributed by atoms with van der Waals surface area (Å²) in [6.45, 7) is 7.16. The summed E-state index contributed by atoms with van der Waals surface area (Å²) in [5, 5.41) is 3.55. The Bertz CT molecular complexity index is 447. The lowest BCUT2D eigenvalue weighted by Crippen LogP contribution is -2.50. The van der Waals surface area contributed by atoms with Gasteiger partial charge in [0.2, 0.25) is 0 Å². The smallest absolute Gasteiger partial charge is 0.122 e. The number of aryl methyl sites for hydroxylation is 1. The number of hydrogen-bond acceptors (Lipinski definition) is 3. The highest BCUT2D eigenvalue weighted by Crippen LogP contribution is 2.51. The van der Waals surface area contributed by atoms with E-state index >= 15 is 0 Å². The van der Waals surface area contributed by atoms with Crippen LogP contribution >= 0.6 is 0 Å². The van der Waals surface area contributed by atoms with Crippen LogP contribution < -0.4 is 10.1 Å². The molecule has 0 heterocycles. The molecule has 1 fully saturated rings. The first kappa shape index (κ1) is 15.3. The summed E-state index contributed by atoms with van der Waals surface area (Å²) < 4.78 is 10.7. The Kier molecular flexibility index (Phi) is 5.06. The van der Waals surface area contributed by atoms with E-state index in [1.54, 1.807) is 14.2 Å². The van der Waals surface area contributed by atoms with Crippen molar-refractivity contribution < 1.29 is 9.47 Å². The van der Waals surface area contributed by atoms with Crippen molar-refractivity contribution >= 4 is 0 Å².